The molecule has 3 N–H and O–H groups in total. The van der Waals surface area contributed by atoms with Gasteiger partial charge in [0.05, 0.1) is 6.54 Å². The third-order valence-electron chi connectivity index (χ3n) is 5.92. The van der Waals surface area contributed by atoms with Crippen molar-refractivity contribution >= 4 is 23.2 Å². The van der Waals surface area contributed by atoms with Crippen LogP contribution in [0.3, 0.4) is 0 Å². The fourth-order valence-corrected chi connectivity index (χ4v) is 4.12. The van der Waals surface area contributed by atoms with Crippen LogP contribution in [-0.4, -0.2) is 47.4 Å². The Morgan fingerprint density at radius 3 is 2.69 bits per heavy atom. The lowest BCUT2D eigenvalue weighted by Gasteiger charge is -2.23. The van der Waals surface area contributed by atoms with Crippen LogP contribution in [0.4, 0.5) is 5.69 Å². The van der Waals surface area contributed by atoms with E-state index in [1.807, 2.05) is 30.3 Å². The van der Waals surface area contributed by atoms with Crippen LogP contribution in [-0.2, 0) is 28.2 Å². The van der Waals surface area contributed by atoms with Gasteiger partial charge in [-0.2, -0.15) is 0 Å². The molecule has 0 saturated heterocycles. The molecule has 2 aliphatic rings. The number of likely N-dealkylation sites (N-methyl/N-ethyl adjacent to an activating group) is 1. The second-order valence-corrected chi connectivity index (χ2v) is 8.49. The Morgan fingerprint density at radius 1 is 1.22 bits per heavy atom. The molecule has 2 aromatic rings. The van der Waals surface area contributed by atoms with Gasteiger partial charge in [-0.1, -0.05) is 36.4 Å². The highest BCUT2D eigenvalue weighted by Gasteiger charge is 2.31. The van der Waals surface area contributed by atoms with Crippen molar-refractivity contribution in [2.24, 2.45) is 4.99 Å². The monoisotopic (exact) mass is 433 g/mol. The first-order valence-electron chi connectivity index (χ1n) is 10.7. The minimum Gasteiger partial charge on any atom is -0.362 e. The average molecular weight is 434 g/mol. The van der Waals surface area contributed by atoms with Crippen LogP contribution < -0.4 is 10.2 Å². The number of rotatable bonds is 5. The molecule has 0 aliphatic carbocycles. The van der Waals surface area contributed by atoms with Crippen molar-refractivity contribution in [3.8, 4) is 0 Å². The molecule has 2 amide bonds. The number of fused-ring (bicyclic) bond motifs is 1. The molecule has 0 spiro atoms. The SMILES string of the molecule is CN1C(=O)[C@@H](NC(=O)C2=NCC(Cc3ccccc3)=C2)CCc2cc(C(C)(O)O)ccc21. The quantitative estimate of drug-likeness (QED) is 0.627. The van der Waals surface area contributed by atoms with Crippen LogP contribution in [0.1, 0.15) is 30.0 Å². The van der Waals surface area contributed by atoms with Crippen LogP contribution in [0.2, 0.25) is 0 Å². The van der Waals surface area contributed by atoms with E-state index < -0.39 is 11.8 Å². The summed E-state index contributed by atoms with van der Waals surface area (Å²) in [5, 5.41) is 22.6. The summed E-state index contributed by atoms with van der Waals surface area (Å²) in [5.74, 6) is -2.53. The Morgan fingerprint density at radius 2 is 1.97 bits per heavy atom. The topological polar surface area (TPSA) is 102 Å². The van der Waals surface area contributed by atoms with E-state index in [4.69, 9.17) is 0 Å². The molecule has 2 heterocycles. The minimum atomic E-state index is -1.96. The molecular formula is C25H27N3O4. The molecule has 7 nitrogen and oxygen atoms in total. The predicted molar refractivity (Wildman–Crippen MR) is 122 cm³/mol. The maximum absolute atomic E-state index is 13.0. The van der Waals surface area contributed by atoms with Gasteiger partial charge in [-0.15, -0.1) is 0 Å². The number of aryl methyl sites for hydroxylation is 1. The molecule has 32 heavy (non-hydrogen) atoms. The first kappa shape index (κ1) is 21.9. The lowest BCUT2D eigenvalue weighted by molar-refractivity contribution is -0.152. The Balaban J connectivity index is 1.44. The molecule has 2 aliphatic heterocycles. The number of amides is 2. The molecule has 0 fully saturated rings. The number of benzene rings is 2. The van der Waals surface area contributed by atoms with Gasteiger partial charge in [-0.3, -0.25) is 14.6 Å². The number of hydrogen-bond donors (Lipinski definition) is 3. The first-order chi connectivity index (χ1) is 15.2. The van der Waals surface area contributed by atoms with Crippen LogP contribution >= 0.6 is 0 Å². The zero-order valence-corrected chi connectivity index (χ0v) is 18.2. The first-order valence-corrected chi connectivity index (χ1v) is 10.7. The highest BCUT2D eigenvalue weighted by atomic mass is 16.5. The van der Waals surface area contributed by atoms with E-state index in [-0.39, 0.29) is 11.8 Å². The fraction of sp³-hybridized carbons (Fsp3) is 0.320. The van der Waals surface area contributed by atoms with Crippen molar-refractivity contribution in [1.29, 1.82) is 0 Å². The summed E-state index contributed by atoms with van der Waals surface area (Å²) in [6.45, 7) is 1.77. The molecule has 0 radical (unpaired) electrons. The zero-order valence-electron chi connectivity index (χ0n) is 18.2. The van der Waals surface area contributed by atoms with Gasteiger partial charge in [0.25, 0.3) is 5.91 Å². The van der Waals surface area contributed by atoms with E-state index in [9.17, 15) is 19.8 Å². The molecule has 2 aromatic carbocycles. The Kier molecular flexibility index (Phi) is 5.95. The summed E-state index contributed by atoms with van der Waals surface area (Å²) < 4.78 is 0. The normalized spacial score (nSPS) is 18.6. The van der Waals surface area contributed by atoms with Crippen LogP contribution in [0.5, 0.6) is 0 Å². The average Bonchev–Trinajstić information content (AvgIpc) is 3.20. The molecule has 0 bridgehead atoms. The van der Waals surface area contributed by atoms with Crippen molar-refractivity contribution < 1.29 is 19.8 Å². The third-order valence-corrected chi connectivity index (χ3v) is 5.92. The molecule has 0 unspecified atom stereocenters. The minimum absolute atomic E-state index is 0.215. The number of carbonyl (C=O) groups is 2. The lowest BCUT2D eigenvalue weighted by atomic mass is 9.99. The van der Waals surface area contributed by atoms with Gasteiger partial charge in [-0.05, 0) is 61.1 Å². The van der Waals surface area contributed by atoms with E-state index in [0.29, 0.717) is 36.3 Å². The van der Waals surface area contributed by atoms with Gasteiger partial charge in [0.15, 0.2) is 5.79 Å². The number of hydrogen-bond acceptors (Lipinski definition) is 5. The number of aliphatic hydroxyl groups is 2. The number of aliphatic imine (C=N–C) groups is 1. The molecule has 0 aromatic heterocycles. The fourth-order valence-electron chi connectivity index (χ4n) is 4.12. The van der Waals surface area contributed by atoms with Gasteiger partial charge in [0.1, 0.15) is 11.8 Å². The smallest absolute Gasteiger partial charge is 0.270 e. The predicted octanol–water partition coefficient (Wildman–Crippen LogP) is 1.86. The molecule has 0 saturated carbocycles. The summed E-state index contributed by atoms with van der Waals surface area (Å²) in [5.41, 5.74) is 4.44. The summed E-state index contributed by atoms with van der Waals surface area (Å²) in [7, 11) is 1.66. The maximum atomic E-state index is 13.0. The highest BCUT2D eigenvalue weighted by molar-refractivity contribution is 6.44. The number of nitrogens with one attached hydrogen (secondary N) is 1. The van der Waals surface area contributed by atoms with E-state index in [0.717, 1.165) is 23.1 Å². The van der Waals surface area contributed by atoms with Gasteiger partial charge in [0.2, 0.25) is 5.91 Å². The molecule has 1 atom stereocenters. The van der Waals surface area contributed by atoms with E-state index in [1.54, 1.807) is 31.3 Å². The molecule has 7 heteroatoms. The maximum Gasteiger partial charge on any atom is 0.270 e. The second-order valence-electron chi connectivity index (χ2n) is 8.49. The van der Waals surface area contributed by atoms with Crippen molar-refractivity contribution in [2.45, 2.75) is 38.0 Å². The molecule has 166 valence electrons. The van der Waals surface area contributed by atoms with Crippen molar-refractivity contribution in [1.82, 2.24) is 5.32 Å². The van der Waals surface area contributed by atoms with Gasteiger partial charge < -0.3 is 20.4 Å². The van der Waals surface area contributed by atoms with Gasteiger partial charge in [-0.25, -0.2) is 0 Å². The summed E-state index contributed by atoms with van der Waals surface area (Å²) >= 11 is 0. The third kappa shape index (κ3) is 4.64. The van der Waals surface area contributed by atoms with Gasteiger partial charge in [0, 0.05) is 18.3 Å². The van der Waals surface area contributed by atoms with Crippen LogP contribution in [0, 0.1) is 0 Å². The van der Waals surface area contributed by atoms with Crippen molar-refractivity contribution in [3.05, 3.63) is 76.9 Å². The molecular weight excluding hydrogens is 406 g/mol. The number of carbonyl (C=O) groups excluding carboxylic acids is 2. The van der Waals surface area contributed by atoms with Gasteiger partial charge >= 0.3 is 0 Å². The Labute approximate surface area is 187 Å². The summed E-state index contributed by atoms with van der Waals surface area (Å²) in [6.07, 6.45) is 3.46. The van der Waals surface area contributed by atoms with E-state index >= 15 is 0 Å². The molecule has 4 rings (SSSR count). The number of nitrogens with zero attached hydrogens (tertiary/aromatic N) is 2. The lowest BCUT2D eigenvalue weighted by Crippen LogP contribution is -2.48. The zero-order chi connectivity index (χ0) is 22.9. The standard InChI is InChI=1S/C25H27N3O4/c1-25(31,32)19-9-11-22-18(14-19)8-10-20(24(30)28(22)2)27-23(29)21-13-17(15-26-21)12-16-6-4-3-5-7-16/h3-7,9,11,13-14,20,31-32H,8,10,12,15H2,1-2H3,(H,27,29)/t20-/m0/s1. The Bertz CT molecular complexity index is 1100. The Hall–Kier alpha value is -3.29. The summed E-state index contributed by atoms with van der Waals surface area (Å²) in [4.78, 5) is 31.7. The second kappa shape index (κ2) is 8.68. The van der Waals surface area contributed by atoms with E-state index in [2.05, 4.69) is 10.3 Å². The van der Waals surface area contributed by atoms with Crippen LogP contribution in [0.15, 0.2) is 65.2 Å². The van der Waals surface area contributed by atoms with Crippen molar-refractivity contribution in [3.63, 3.8) is 0 Å². The largest absolute Gasteiger partial charge is 0.362 e. The van der Waals surface area contributed by atoms with Crippen LogP contribution in [0.25, 0.3) is 0 Å². The summed E-state index contributed by atoms with van der Waals surface area (Å²) in [6, 6.07) is 14.3. The van der Waals surface area contributed by atoms with E-state index in [1.165, 1.54) is 11.8 Å². The van der Waals surface area contributed by atoms with Crippen molar-refractivity contribution in [2.75, 3.05) is 18.5 Å². The highest BCUT2D eigenvalue weighted by Crippen LogP contribution is 2.30. The number of anilines is 1.